The molecule has 18 heavy (non-hydrogen) atoms. The minimum Gasteiger partial charge on any atom is -0.474 e. The molecule has 0 amide bonds. The largest absolute Gasteiger partial charge is 0.474 e. The Morgan fingerprint density at radius 3 is 2.39 bits per heavy atom. The summed E-state index contributed by atoms with van der Waals surface area (Å²) in [5.74, 6) is 1.24. The molecule has 1 aromatic rings. The van der Waals surface area contributed by atoms with Gasteiger partial charge in [0.1, 0.15) is 0 Å². The lowest BCUT2D eigenvalue weighted by Gasteiger charge is -2.29. The Kier molecular flexibility index (Phi) is 5.23. The Morgan fingerprint density at radius 1 is 1.06 bits per heavy atom. The first-order valence-corrected chi connectivity index (χ1v) is 6.89. The van der Waals surface area contributed by atoms with Crippen LogP contribution >= 0.6 is 23.2 Å². The fraction of sp³-hybridized carbons (Fsp3) is 0.500. The number of piperazine rings is 1. The van der Waals surface area contributed by atoms with Crippen LogP contribution in [0.1, 0.15) is 0 Å². The second-order valence-corrected chi connectivity index (χ2v) is 4.31. The number of hydrogen-bond acceptors (Lipinski definition) is 4. The van der Waals surface area contributed by atoms with Gasteiger partial charge in [0.25, 0.3) is 0 Å². The van der Waals surface area contributed by atoms with E-state index in [1.807, 2.05) is 18.2 Å². The van der Waals surface area contributed by atoms with E-state index in [1.165, 1.54) is 0 Å². The zero-order valence-electron chi connectivity index (χ0n) is 9.99. The third-order valence-corrected chi connectivity index (χ3v) is 3.05. The predicted octanol–water partition coefficient (Wildman–Crippen LogP) is 2.25. The number of nitrogens with zero attached hydrogens (tertiary/aromatic N) is 1. The Labute approximate surface area is 117 Å². The summed E-state index contributed by atoms with van der Waals surface area (Å²) < 4.78 is 10.6. The van der Waals surface area contributed by atoms with Crippen LogP contribution in [0.15, 0.2) is 18.2 Å². The van der Waals surface area contributed by atoms with E-state index in [0.29, 0.717) is 11.5 Å². The van der Waals surface area contributed by atoms with E-state index in [9.17, 15) is 0 Å². The molecule has 4 nitrogen and oxygen atoms in total. The van der Waals surface area contributed by atoms with Crippen LogP contribution in [-0.4, -0.2) is 38.3 Å². The smallest absolute Gasteiger partial charge is 0.165 e. The van der Waals surface area contributed by atoms with E-state index in [-0.39, 0.29) is 12.1 Å². The Morgan fingerprint density at radius 2 is 1.72 bits per heavy atom. The van der Waals surface area contributed by atoms with Gasteiger partial charge in [-0.25, -0.2) is 0 Å². The first kappa shape index (κ1) is 13.6. The monoisotopic (exact) mass is 290 g/mol. The summed E-state index contributed by atoms with van der Waals surface area (Å²) in [6.45, 7) is 3.95. The van der Waals surface area contributed by atoms with E-state index in [0.717, 1.165) is 31.9 Å². The minimum atomic E-state index is 0.0870. The van der Waals surface area contributed by atoms with Crippen molar-refractivity contribution in [2.45, 2.75) is 0 Å². The zero-order chi connectivity index (χ0) is 12.8. The molecular formula is C12H16Cl2N2O2. The molecule has 1 N–H and O–H groups in total. The molecule has 1 fully saturated rings. The molecule has 2 rings (SSSR count). The summed E-state index contributed by atoms with van der Waals surface area (Å²) in [6, 6.07) is 5.99. The van der Waals surface area contributed by atoms with Crippen LogP contribution in [0.2, 0.25) is 0 Å². The molecule has 0 bridgehead atoms. The highest BCUT2D eigenvalue weighted by molar-refractivity contribution is 6.17. The molecule has 0 aromatic heterocycles. The molecule has 1 aromatic carbocycles. The van der Waals surface area contributed by atoms with Gasteiger partial charge in [-0.2, -0.15) is 0 Å². The lowest BCUT2D eigenvalue weighted by atomic mass is 10.2. The lowest BCUT2D eigenvalue weighted by molar-refractivity contribution is 0.330. The highest BCUT2D eigenvalue weighted by atomic mass is 35.5. The number of anilines is 1. The number of nitrogens with one attached hydrogen (secondary N) is 1. The molecule has 100 valence electrons. The van der Waals surface area contributed by atoms with Crippen LogP contribution in [0.4, 0.5) is 5.69 Å². The summed E-state index contributed by atoms with van der Waals surface area (Å²) in [7, 11) is 0. The van der Waals surface area contributed by atoms with Crippen molar-refractivity contribution in [2.24, 2.45) is 0 Å². The zero-order valence-corrected chi connectivity index (χ0v) is 11.5. The van der Waals surface area contributed by atoms with Crippen LogP contribution in [0.5, 0.6) is 11.5 Å². The Balaban J connectivity index is 2.18. The molecule has 0 aliphatic carbocycles. The molecule has 1 saturated heterocycles. The number of rotatable bonds is 5. The van der Waals surface area contributed by atoms with E-state index in [4.69, 9.17) is 32.7 Å². The SMILES string of the molecule is ClCOc1ccc(N2CCNCC2)cc1OCCl. The number of halogens is 2. The van der Waals surface area contributed by atoms with Gasteiger partial charge in [0.05, 0.1) is 0 Å². The van der Waals surface area contributed by atoms with Crippen molar-refractivity contribution in [3.8, 4) is 11.5 Å². The van der Waals surface area contributed by atoms with Gasteiger partial charge in [-0.15, -0.1) is 0 Å². The van der Waals surface area contributed by atoms with Crippen molar-refractivity contribution >= 4 is 28.9 Å². The maximum atomic E-state index is 5.61. The summed E-state index contributed by atoms with van der Waals surface area (Å²) in [5, 5.41) is 3.32. The molecule has 0 saturated carbocycles. The molecule has 6 heteroatoms. The van der Waals surface area contributed by atoms with Crippen LogP contribution < -0.4 is 19.7 Å². The lowest BCUT2D eigenvalue weighted by Crippen LogP contribution is -2.43. The Bertz CT molecular complexity index is 384. The Hall–Kier alpha value is -0.840. The maximum absolute atomic E-state index is 5.61. The van der Waals surface area contributed by atoms with Crippen LogP contribution in [-0.2, 0) is 0 Å². The predicted molar refractivity (Wildman–Crippen MR) is 74.2 cm³/mol. The first-order valence-electron chi connectivity index (χ1n) is 5.82. The molecule has 1 aliphatic heterocycles. The third kappa shape index (κ3) is 3.34. The number of hydrogen-bond donors (Lipinski definition) is 1. The molecule has 0 unspecified atom stereocenters. The van der Waals surface area contributed by atoms with Crippen LogP contribution in [0.25, 0.3) is 0 Å². The van der Waals surface area contributed by atoms with Gasteiger partial charge in [-0.3, -0.25) is 0 Å². The van der Waals surface area contributed by atoms with Crippen LogP contribution in [0.3, 0.4) is 0 Å². The van der Waals surface area contributed by atoms with Crippen LogP contribution in [0, 0.1) is 0 Å². The summed E-state index contributed by atoms with van der Waals surface area (Å²) in [4.78, 5) is 2.29. The average Bonchev–Trinajstić information content (AvgIpc) is 2.42. The van der Waals surface area contributed by atoms with Gasteiger partial charge in [0.15, 0.2) is 23.6 Å². The van der Waals surface area contributed by atoms with Gasteiger partial charge in [0.2, 0.25) is 0 Å². The quantitative estimate of drug-likeness (QED) is 0.844. The van der Waals surface area contributed by atoms with Gasteiger partial charge < -0.3 is 19.7 Å². The van der Waals surface area contributed by atoms with E-state index >= 15 is 0 Å². The number of benzene rings is 1. The van der Waals surface area contributed by atoms with E-state index in [2.05, 4.69) is 10.2 Å². The number of ether oxygens (including phenoxy) is 2. The molecule has 0 atom stereocenters. The average molecular weight is 291 g/mol. The molecule has 1 aliphatic rings. The first-order chi connectivity index (χ1) is 8.85. The fourth-order valence-electron chi connectivity index (χ4n) is 1.97. The van der Waals surface area contributed by atoms with Crippen molar-refractivity contribution in [1.82, 2.24) is 5.32 Å². The molecular weight excluding hydrogens is 275 g/mol. The van der Waals surface area contributed by atoms with E-state index in [1.54, 1.807) is 0 Å². The topological polar surface area (TPSA) is 33.7 Å². The van der Waals surface area contributed by atoms with Gasteiger partial charge in [0, 0.05) is 37.9 Å². The second-order valence-electron chi connectivity index (χ2n) is 3.87. The van der Waals surface area contributed by atoms with E-state index < -0.39 is 0 Å². The summed E-state index contributed by atoms with van der Waals surface area (Å²) in [5.41, 5.74) is 1.11. The van der Waals surface area contributed by atoms with Crippen molar-refractivity contribution in [2.75, 3.05) is 43.2 Å². The van der Waals surface area contributed by atoms with Gasteiger partial charge in [-0.05, 0) is 12.1 Å². The molecule has 1 heterocycles. The standard InChI is InChI=1S/C12H16Cl2N2O2/c13-8-17-11-2-1-10(7-12(11)18-9-14)16-5-3-15-4-6-16/h1-2,7,15H,3-6,8-9H2. The normalized spacial score (nSPS) is 15.6. The molecule has 0 radical (unpaired) electrons. The van der Waals surface area contributed by atoms with Crippen molar-refractivity contribution in [3.63, 3.8) is 0 Å². The number of alkyl halides is 2. The van der Waals surface area contributed by atoms with Crippen molar-refractivity contribution in [3.05, 3.63) is 18.2 Å². The van der Waals surface area contributed by atoms with Crippen molar-refractivity contribution in [1.29, 1.82) is 0 Å². The third-order valence-electron chi connectivity index (χ3n) is 2.83. The van der Waals surface area contributed by atoms with Gasteiger partial charge >= 0.3 is 0 Å². The second kappa shape index (κ2) is 6.92. The highest BCUT2D eigenvalue weighted by Gasteiger charge is 2.13. The summed E-state index contributed by atoms with van der Waals surface area (Å²) in [6.07, 6.45) is 0. The molecule has 0 spiro atoms. The maximum Gasteiger partial charge on any atom is 0.165 e. The summed E-state index contributed by atoms with van der Waals surface area (Å²) >= 11 is 11.2. The fourth-order valence-corrected chi connectivity index (χ4v) is 2.20. The highest BCUT2D eigenvalue weighted by Crippen LogP contribution is 2.32. The van der Waals surface area contributed by atoms with Gasteiger partial charge in [-0.1, -0.05) is 23.2 Å². The van der Waals surface area contributed by atoms with Crippen molar-refractivity contribution < 1.29 is 9.47 Å². The minimum absolute atomic E-state index is 0.0870.